The van der Waals surface area contributed by atoms with Gasteiger partial charge in [0.2, 0.25) is 0 Å². The van der Waals surface area contributed by atoms with E-state index in [1.54, 1.807) is 6.20 Å². The van der Waals surface area contributed by atoms with Crippen LogP contribution in [0.5, 0.6) is 0 Å². The number of fused-ring (bicyclic) bond motifs is 2. The molecule has 1 spiro atoms. The van der Waals surface area contributed by atoms with Crippen LogP contribution in [0.4, 0.5) is 0 Å². The minimum absolute atomic E-state index is 0.0323. The van der Waals surface area contributed by atoms with Crippen LogP contribution < -0.4 is 0 Å². The largest absolute Gasteiger partial charge is 0.458 e. The minimum Gasteiger partial charge on any atom is -0.458 e. The number of ether oxygens (including phenoxy) is 3. The molecule has 6 heteroatoms. The second kappa shape index (κ2) is 5.85. The van der Waals surface area contributed by atoms with Crippen LogP contribution in [0.15, 0.2) is 54.3 Å². The predicted molar refractivity (Wildman–Crippen MR) is 109 cm³/mol. The van der Waals surface area contributed by atoms with Gasteiger partial charge >= 0.3 is 11.9 Å². The first-order chi connectivity index (χ1) is 14.4. The molecule has 1 unspecified atom stereocenters. The Bertz CT molecular complexity index is 1150. The van der Waals surface area contributed by atoms with E-state index in [1.807, 2.05) is 24.3 Å². The molecule has 1 aromatic heterocycles. The highest BCUT2D eigenvalue weighted by Crippen LogP contribution is 2.69. The van der Waals surface area contributed by atoms with E-state index in [0.717, 1.165) is 35.7 Å². The Hall–Kier alpha value is -2.86. The maximum absolute atomic E-state index is 12.8. The number of esters is 2. The summed E-state index contributed by atoms with van der Waals surface area (Å²) in [6.07, 6.45) is 6.03. The van der Waals surface area contributed by atoms with Crippen molar-refractivity contribution in [3.8, 4) is 0 Å². The van der Waals surface area contributed by atoms with Gasteiger partial charge in [-0.25, -0.2) is 9.59 Å². The number of para-hydroxylation sites is 1. The number of allylic oxidation sites excluding steroid dienone is 1. The average molecular weight is 405 g/mol. The van der Waals surface area contributed by atoms with Crippen LogP contribution in [0.2, 0.25) is 0 Å². The Balaban J connectivity index is 1.26. The molecule has 30 heavy (non-hydrogen) atoms. The van der Waals surface area contributed by atoms with Crippen LogP contribution in [-0.4, -0.2) is 40.8 Å². The Kier molecular flexibility index (Phi) is 3.50. The number of aromatic amines is 1. The number of epoxide rings is 1. The Morgan fingerprint density at radius 2 is 2.20 bits per heavy atom. The fourth-order valence-electron chi connectivity index (χ4n) is 6.01. The van der Waals surface area contributed by atoms with Crippen molar-refractivity contribution in [3.63, 3.8) is 0 Å². The number of rotatable bonds is 3. The second-order valence-electron chi connectivity index (χ2n) is 9.01. The van der Waals surface area contributed by atoms with Gasteiger partial charge in [-0.2, -0.15) is 0 Å². The molecular weight excluding hydrogens is 382 g/mol. The number of H-pyrrole nitrogens is 1. The van der Waals surface area contributed by atoms with Gasteiger partial charge < -0.3 is 19.2 Å². The van der Waals surface area contributed by atoms with Gasteiger partial charge in [-0.05, 0) is 37.8 Å². The molecule has 2 aliphatic carbocycles. The molecule has 4 aliphatic rings. The minimum atomic E-state index is -0.526. The van der Waals surface area contributed by atoms with Crippen LogP contribution in [0.1, 0.15) is 36.5 Å². The molecule has 0 bridgehead atoms. The molecule has 1 N–H and O–H groups in total. The van der Waals surface area contributed by atoms with Crippen molar-refractivity contribution < 1.29 is 23.8 Å². The van der Waals surface area contributed by atoms with E-state index in [4.69, 9.17) is 14.2 Å². The Morgan fingerprint density at radius 1 is 1.37 bits per heavy atom. The highest BCUT2D eigenvalue weighted by Gasteiger charge is 2.81. The van der Waals surface area contributed by atoms with Crippen LogP contribution >= 0.6 is 0 Å². The Labute approximate surface area is 173 Å². The summed E-state index contributed by atoms with van der Waals surface area (Å²) in [4.78, 5) is 28.0. The molecular formula is C24H23NO5. The lowest BCUT2D eigenvalue weighted by atomic mass is 9.80. The first-order valence-electron chi connectivity index (χ1n) is 10.5. The molecule has 154 valence electrons. The molecule has 2 aliphatic heterocycles. The SMILES string of the molecule is C=C1C(=O)O[C@H]2[C@H]1CC1C(COC(=O)c3c[nH]c4ccccc34)=CCC[C@@]3(C)O[C@@]123. The first kappa shape index (κ1) is 18.0. The predicted octanol–water partition coefficient (Wildman–Crippen LogP) is 3.69. The lowest BCUT2D eigenvalue weighted by Crippen LogP contribution is -2.39. The van der Waals surface area contributed by atoms with E-state index in [1.165, 1.54) is 0 Å². The zero-order chi connectivity index (χ0) is 20.7. The number of carbonyl (C=O) groups is 2. The van der Waals surface area contributed by atoms with Gasteiger partial charge in [0.1, 0.15) is 18.3 Å². The number of nitrogens with one attached hydrogen (secondary N) is 1. The highest BCUT2D eigenvalue weighted by atomic mass is 16.7. The summed E-state index contributed by atoms with van der Waals surface area (Å²) in [6.45, 7) is 6.27. The molecule has 0 radical (unpaired) electrons. The number of carbonyl (C=O) groups excluding carboxylic acids is 2. The van der Waals surface area contributed by atoms with Crippen LogP contribution in [0.3, 0.4) is 0 Å². The maximum Gasteiger partial charge on any atom is 0.340 e. The van der Waals surface area contributed by atoms with E-state index < -0.39 is 5.60 Å². The third-order valence-corrected chi connectivity index (χ3v) is 7.57. The summed E-state index contributed by atoms with van der Waals surface area (Å²) < 4.78 is 17.8. The third kappa shape index (κ3) is 2.17. The second-order valence-corrected chi connectivity index (χ2v) is 9.01. The summed E-state index contributed by atoms with van der Waals surface area (Å²) in [7, 11) is 0. The van der Waals surface area contributed by atoms with E-state index in [2.05, 4.69) is 24.6 Å². The summed E-state index contributed by atoms with van der Waals surface area (Å²) >= 11 is 0. The summed E-state index contributed by atoms with van der Waals surface area (Å²) in [6, 6.07) is 7.67. The topological polar surface area (TPSA) is 80.9 Å². The van der Waals surface area contributed by atoms with Crippen molar-refractivity contribution in [2.24, 2.45) is 11.8 Å². The summed E-state index contributed by atoms with van der Waals surface area (Å²) in [5.74, 6) is -0.632. The number of benzene rings is 1. The lowest BCUT2D eigenvalue weighted by molar-refractivity contribution is -0.141. The van der Waals surface area contributed by atoms with Gasteiger partial charge in [0.25, 0.3) is 0 Å². The van der Waals surface area contributed by atoms with Crippen molar-refractivity contribution in [1.82, 2.24) is 4.98 Å². The van der Waals surface area contributed by atoms with Crippen molar-refractivity contribution >= 4 is 22.8 Å². The van der Waals surface area contributed by atoms with Crippen LogP contribution in [0.25, 0.3) is 10.9 Å². The van der Waals surface area contributed by atoms with Gasteiger partial charge in [-0.15, -0.1) is 0 Å². The van der Waals surface area contributed by atoms with Gasteiger partial charge in [0.15, 0.2) is 0 Å². The van der Waals surface area contributed by atoms with Crippen molar-refractivity contribution in [2.45, 2.75) is 43.5 Å². The number of hydrogen-bond acceptors (Lipinski definition) is 5. The molecule has 2 saturated heterocycles. The van der Waals surface area contributed by atoms with Gasteiger partial charge in [-0.1, -0.05) is 30.9 Å². The lowest BCUT2D eigenvalue weighted by Gasteiger charge is -2.24. The fourth-order valence-corrected chi connectivity index (χ4v) is 6.01. The van der Waals surface area contributed by atoms with E-state index in [0.29, 0.717) is 11.1 Å². The van der Waals surface area contributed by atoms with Crippen molar-refractivity contribution in [3.05, 3.63) is 59.8 Å². The van der Waals surface area contributed by atoms with Gasteiger partial charge in [0.05, 0.1) is 11.2 Å². The monoisotopic (exact) mass is 405 g/mol. The van der Waals surface area contributed by atoms with Gasteiger partial charge in [0, 0.05) is 34.5 Å². The smallest absolute Gasteiger partial charge is 0.340 e. The molecule has 2 aromatic rings. The quantitative estimate of drug-likeness (QED) is 0.365. The molecule has 1 aromatic carbocycles. The first-order valence-corrected chi connectivity index (χ1v) is 10.5. The highest BCUT2D eigenvalue weighted by molar-refractivity contribution is 6.04. The zero-order valence-electron chi connectivity index (χ0n) is 16.8. The van der Waals surface area contributed by atoms with E-state index >= 15 is 0 Å². The van der Waals surface area contributed by atoms with Gasteiger partial charge in [-0.3, -0.25) is 0 Å². The van der Waals surface area contributed by atoms with E-state index in [-0.39, 0.29) is 42.1 Å². The zero-order valence-corrected chi connectivity index (χ0v) is 16.8. The summed E-state index contributed by atoms with van der Waals surface area (Å²) in [5.41, 5.74) is 2.19. The standard InChI is InChI=1S/C24H23NO5/c1-13-16-10-18-14(6-5-9-23(2)24(18,30-23)20(16)29-21(13)26)12-28-22(27)17-11-25-19-8-4-3-7-15(17)19/h3-4,6-8,11,16,18,20,25H,1,5,9-10,12H2,2H3/t16-,18?,20-,23+,24-/m0/s1. The molecule has 3 fully saturated rings. The van der Waals surface area contributed by atoms with Crippen molar-refractivity contribution in [1.29, 1.82) is 0 Å². The normalized spacial score (nSPS) is 36.4. The molecule has 6 rings (SSSR count). The molecule has 3 heterocycles. The number of aromatic nitrogens is 1. The third-order valence-electron chi connectivity index (χ3n) is 7.57. The molecule has 5 atom stereocenters. The fraction of sp³-hybridized carbons (Fsp3) is 0.417. The number of hydrogen-bond donors (Lipinski definition) is 1. The average Bonchev–Trinajstić information content (AvgIpc) is 2.99. The van der Waals surface area contributed by atoms with E-state index in [9.17, 15) is 9.59 Å². The maximum atomic E-state index is 12.8. The molecule has 1 saturated carbocycles. The molecule has 6 nitrogen and oxygen atoms in total. The van der Waals surface area contributed by atoms with Crippen LogP contribution in [0, 0.1) is 11.8 Å². The Morgan fingerprint density at radius 3 is 3.07 bits per heavy atom. The summed E-state index contributed by atoms with van der Waals surface area (Å²) in [5, 5.41) is 0.852. The van der Waals surface area contributed by atoms with Crippen LogP contribution in [-0.2, 0) is 19.0 Å². The van der Waals surface area contributed by atoms with Crippen molar-refractivity contribution in [2.75, 3.05) is 6.61 Å². The molecule has 0 amide bonds.